The Labute approximate surface area is 130 Å². The van der Waals surface area contributed by atoms with Gasteiger partial charge in [0.1, 0.15) is 5.78 Å². The first-order chi connectivity index (χ1) is 10.5. The van der Waals surface area contributed by atoms with Crippen LogP contribution in [0.15, 0.2) is 6.07 Å². The Kier molecular flexibility index (Phi) is 3.68. The maximum absolute atomic E-state index is 13.0. The summed E-state index contributed by atoms with van der Waals surface area (Å²) < 4.78 is 0. The zero-order chi connectivity index (χ0) is 15.9. The fraction of sp³-hybridized carbons (Fsp3) is 0.529. The summed E-state index contributed by atoms with van der Waals surface area (Å²) in [6, 6.07) is 1.98. The highest BCUT2D eigenvalue weighted by molar-refractivity contribution is 6.08. The van der Waals surface area contributed by atoms with Gasteiger partial charge in [0.25, 0.3) is 0 Å². The minimum Gasteiger partial charge on any atom is -0.302 e. The highest BCUT2D eigenvalue weighted by Gasteiger charge is 2.46. The van der Waals surface area contributed by atoms with E-state index in [1.54, 1.807) is 0 Å². The lowest BCUT2D eigenvalue weighted by Gasteiger charge is -2.25. The number of carbonyl (C=O) groups excluding carboxylic acids is 2. The molecule has 1 aromatic rings. The average Bonchev–Trinajstić information content (AvgIpc) is 3.11. The Bertz CT molecular complexity index is 654. The van der Waals surface area contributed by atoms with Crippen molar-refractivity contribution >= 4 is 22.9 Å². The second-order valence-electron chi connectivity index (χ2n) is 6.38. The standard InChI is InChI=1S/C17H23N3O2/c1-4-11(21)6-7-17(5-2)9-13-12(16(17)22)8-10(3)14-15(13)19-20-18-14/h8,18-20H,4-7,9H2,1-3H3. The Morgan fingerprint density at radius 3 is 2.68 bits per heavy atom. The molecule has 5 nitrogen and oxygen atoms in total. The molecule has 0 saturated carbocycles. The van der Waals surface area contributed by atoms with E-state index in [1.165, 1.54) is 0 Å². The molecule has 0 amide bonds. The molecule has 1 aromatic carbocycles. The number of aryl methyl sites for hydroxylation is 1. The number of benzene rings is 1. The molecule has 1 heterocycles. The van der Waals surface area contributed by atoms with Crippen LogP contribution in [0.5, 0.6) is 0 Å². The third-order valence-electron chi connectivity index (χ3n) is 5.20. The fourth-order valence-electron chi connectivity index (χ4n) is 3.62. The summed E-state index contributed by atoms with van der Waals surface area (Å²) in [4.78, 5) is 24.7. The van der Waals surface area contributed by atoms with E-state index >= 15 is 0 Å². The van der Waals surface area contributed by atoms with Gasteiger partial charge in [-0.25, -0.2) is 0 Å². The molecule has 1 unspecified atom stereocenters. The molecule has 0 spiro atoms. The molecule has 0 saturated heterocycles. The fourth-order valence-corrected chi connectivity index (χ4v) is 3.62. The van der Waals surface area contributed by atoms with Gasteiger partial charge < -0.3 is 10.9 Å². The molecule has 3 rings (SSSR count). The number of hydrazine groups is 2. The summed E-state index contributed by atoms with van der Waals surface area (Å²) >= 11 is 0. The Morgan fingerprint density at radius 1 is 1.27 bits per heavy atom. The van der Waals surface area contributed by atoms with E-state index in [0.717, 1.165) is 34.5 Å². The minimum atomic E-state index is -0.418. The predicted molar refractivity (Wildman–Crippen MR) is 86.9 cm³/mol. The summed E-state index contributed by atoms with van der Waals surface area (Å²) in [5.74, 6) is 0.438. The number of hydrogen-bond donors (Lipinski definition) is 3. The number of nitrogens with one attached hydrogen (secondary N) is 3. The Hall–Kier alpha value is -1.88. The van der Waals surface area contributed by atoms with Crippen molar-refractivity contribution < 1.29 is 9.59 Å². The molecule has 0 fully saturated rings. The van der Waals surface area contributed by atoms with Gasteiger partial charge in [0, 0.05) is 23.8 Å². The number of Topliss-reactive ketones (excluding diaryl/α,β-unsaturated/α-hetero) is 2. The molecular formula is C17H23N3O2. The van der Waals surface area contributed by atoms with Crippen molar-refractivity contribution in [2.45, 2.75) is 52.9 Å². The highest BCUT2D eigenvalue weighted by atomic mass is 16.1. The topological polar surface area (TPSA) is 70.2 Å². The van der Waals surface area contributed by atoms with Crippen molar-refractivity contribution in [2.75, 3.05) is 10.9 Å². The van der Waals surface area contributed by atoms with Crippen LogP contribution in [-0.4, -0.2) is 11.6 Å². The quantitative estimate of drug-likeness (QED) is 0.779. The van der Waals surface area contributed by atoms with Crippen LogP contribution in [0.4, 0.5) is 11.4 Å². The Balaban J connectivity index is 1.97. The largest absolute Gasteiger partial charge is 0.302 e. The third kappa shape index (κ3) is 2.11. The molecule has 0 aromatic heterocycles. The van der Waals surface area contributed by atoms with Gasteiger partial charge in [-0.1, -0.05) is 13.8 Å². The van der Waals surface area contributed by atoms with E-state index in [-0.39, 0.29) is 11.6 Å². The molecule has 0 bridgehead atoms. The van der Waals surface area contributed by atoms with E-state index < -0.39 is 5.41 Å². The van der Waals surface area contributed by atoms with Crippen LogP contribution in [0.3, 0.4) is 0 Å². The lowest BCUT2D eigenvalue weighted by atomic mass is 9.76. The second-order valence-corrected chi connectivity index (χ2v) is 6.38. The van der Waals surface area contributed by atoms with Crippen LogP contribution in [0.25, 0.3) is 0 Å². The number of hydrogen-bond acceptors (Lipinski definition) is 5. The van der Waals surface area contributed by atoms with Crippen molar-refractivity contribution in [3.8, 4) is 0 Å². The molecule has 5 heteroatoms. The summed E-state index contributed by atoms with van der Waals surface area (Å²) in [6.07, 6.45) is 3.18. The molecule has 22 heavy (non-hydrogen) atoms. The normalized spacial score (nSPS) is 22.0. The maximum atomic E-state index is 13.0. The summed E-state index contributed by atoms with van der Waals surface area (Å²) in [7, 11) is 0. The number of anilines is 2. The van der Waals surface area contributed by atoms with Crippen molar-refractivity contribution in [1.29, 1.82) is 0 Å². The zero-order valence-corrected chi connectivity index (χ0v) is 13.4. The van der Waals surface area contributed by atoms with Crippen LogP contribution in [-0.2, 0) is 11.2 Å². The van der Waals surface area contributed by atoms with Crippen molar-refractivity contribution in [1.82, 2.24) is 5.53 Å². The molecule has 0 radical (unpaired) electrons. The monoisotopic (exact) mass is 301 g/mol. The summed E-state index contributed by atoms with van der Waals surface area (Å²) in [5.41, 5.74) is 13.7. The number of rotatable bonds is 5. The SMILES string of the molecule is CCC(=O)CCC1(CC)Cc2c(cc(C)c3c2NNN3)C1=O. The second kappa shape index (κ2) is 5.39. The first kappa shape index (κ1) is 15.0. The maximum Gasteiger partial charge on any atom is 0.169 e. The van der Waals surface area contributed by atoms with E-state index in [4.69, 9.17) is 0 Å². The molecule has 3 N–H and O–H groups in total. The van der Waals surface area contributed by atoms with E-state index in [1.807, 2.05) is 19.9 Å². The van der Waals surface area contributed by atoms with E-state index in [0.29, 0.717) is 25.7 Å². The van der Waals surface area contributed by atoms with Crippen molar-refractivity contribution in [2.24, 2.45) is 5.41 Å². The molecule has 1 aliphatic carbocycles. The molecule has 1 aliphatic heterocycles. The van der Waals surface area contributed by atoms with Crippen LogP contribution in [0.1, 0.15) is 61.0 Å². The molecule has 2 aliphatic rings. The van der Waals surface area contributed by atoms with Crippen LogP contribution < -0.4 is 16.4 Å². The first-order valence-electron chi connectivity index (χ1n) is 8.02. The summed E-state index contributed by atoms with van der Waals surface area (Å²) in [6.45, 7) is 5.93. The van der Waals surface area contributed by atoms with Crippen molar-refractivity contribution in [3.05, 3.63) is 22.8 Å². The zero-order valence-electron chi connectivity index (χ0n) is 13.4. The third-order valence-corrected chi connectivity index (χ3v) is 5.20. The van der Waals surface area contributed by atoms with Gasteiger partial charge in [-0.2, -0.15) is 0 Å². The lowest BCUT2D eigenvalue weighted by Crippen LogP contribution is -2.28. The van der Waals surface area contributed by atoms with Crippen LogP contribution in [0, 0.1) is 12.3 Å². The van der Waals surface area contributed by atoms with E-state index in [2.05, 4.69) is 23.3 Å². The number of carbonyl (C=O) groups is 2. The van der Waals surface area contributed by atoms with Gasteiger partial charge >= 0.3 is 0 Å². The van der Waals surface area contributed by atoms with Gasteiger partial charge in [-0.05, 0) is 43.4 Å². The molecule has 1 atom stereocenters. The predicted octanol–water partition coefficient (Wildman–Crippen LogP) is 3.15. The highest BCUT2D eigenvalue weighted by Crippen LogP contribution is 2.48. The average molecular weight is 301 g/mol. The van der Waals surface area contributed by atoms with E-state index in [9.17, 15) is 9.59 Å². The molecular weight excluding hydrogens is 278 g/mol. The minimum absolute atomic E-state index is 0.202. The van der Waals surface area contributed by atoms with Gasteiger partial charge in [0.15, 0.2) is 5.78 Å². The smallest absolute Gasteiger partial charge is 0.169 e. The van der Waals surface area contributed by atoms with Gasteiger partial charge in [-0.3, -0.25) is 9.59 Å². The van der Waals surface area contributed by atoms with Crippen molar-refractivity contribution in [3.63, 3.8) is 0 Å². The van der Waals surface area contributed by atoms with Crippen LogP contribution in [0.2, 0.25) is 0 Å². The number of fused-ring (bicyclic) bond motifs is 3. The molecule has 118 valence electrons. The van der Waals surface area contributed by atoms with Crippen LogP contribution >= 0.6 is 0 Å². The van der Waals surface area contributed by atoms with Gasteiger partial charge in [0.05, 0.1) is 11.4 Å². The van der Waals surface area contributed by atoms with Gasteiger partial charge in [-0.15, -0.1) is 5.53 Å². The number of ketones is 2. The lowest BCUT2D eigenvalue weighted by molar-refractivity contribution is -0.119. The Morgan fingerprint density at radius 2 is 2.00 bits per heavy atom. The summed E-state index contributed by atoms with van der Waals surface area (Å²) in [5, 5.41) is 0. The van der Waals surface area contributed by atoms with Gasteiger partial charge in [0.2, 0.25) is 0 Å². The first-order valence-corrected chi connectivity index (χ1v) is 8.02.